The van der Waals surface area contributed by atoms with Crippen molar-refractivity contribution < 1.29 is 14.3 Å². The molecule has 0 radical (unpaired) electrons. The normalized spacial score (nSPS) is 14.2. The van der Waals surface area contributed by atoms with Gasteiger partial charge in [-0.05, 0) is 36.8 Å². The van der Waals surface area contributed by atoms with Crippen LogP contribution in [0.5, 0.6) is 0 Å². The number of nitrogens with zero attached hydrogens (tertiary/aromatic N) is 2. The van der Waals surface area contributed by atoms with Crippen LogP contribution in [-0.4, -0.2) is 48.0 Å². The van der Waals surface area contributed by atoms with Crippen LogP contribution < -0.4 is 5.32 Å². The summed E-state index contributed by atoms with van der Waals surface area (Å²) in [5.74, 6) is -0.494. The zero-order valence-electron chi connectivity index (χ0n) is 14.1. The molecule has 1 aliphatic rings. The van der Waals surface area contributed by atoms with Crippen molar-refractivity contribution in [2.24, 2.45) is 0 Å². The van der Waals surface area contributed by atoms with E-state index in [2.05, 4.69) is 10.3 Å². The summed E-state index contributed by atoms with van der Waals surface area (Å²) in [5.41, 5.74) is 1.99. The smallest absolute Gasteiger partial charge is 0.258 e. The number of halogens is 2. The van der Waals surface area contributed by atoms with Gasteiger partial charge >= 0.3 is 0 Å². The first-order valence-corrected chi connectivity index (χ1v) is 8.83. The standard InChI is InChI=1S/C18H17Cl2N3O3/c1-11-12(18(25)23-7-9-26-10-8-23)3-2-4-14(11)21-17(24)13-5-6-15(19)22-16(13)20/h2-6H,7-10H2,1H3,(H,21,24). The van der Waals surface area contributed by atoms with Crippen LogP contribution in [0.25, 0.3) is 0 Å². The van der Waals surface area contributed by atoms with E-state index in [4.69, 9.17) is 27.9 Å². The first-order valence-electron chi connectivity index (χ1n) is 8.07. The number of rotatable bonds is 3. The van der Waals surface area contributed by atoms with Gasteiger partial charge in [-0.2, -0.15) is 0 Å². The predicted octanol–water partition coefficient (Wildman–Crippen LogP) is 3.42. The number of ether oxygens (including phenoxy) is 1. The first kappa shape index (κ1) is 18.6. The highest BCUT2D eigenvalue weighted by molar-refractivity contribution is 6.35. The number of aromatic nitrogens is 1. The third-order valence-corrected chi connectivity index (χ3v) is 4.67. The number of nitrogens with one attached hydrogen (secondary N) is 1. The Morgan fingerprint density at radius 2 is 1.85 bits per heavy atom. The fraction of sp³-hybridized carbons (Fsp3) is 0.278. The van der Waals surface area contributed by atoms with Crippen molar-refractivity contribution in [1.29, 1.82) is 0 Å². The van der Waals surface area contributed by atoms with Gasteiger partial charge in [-0.3, -0.25) is 9.59 Å². The molecule has 2 amide bonds. The van der Waals surface area contributed by atoms with Gasteiger partial charge in [0.25, 0.3) is 11.8 Å². The molecule has 0 saturated carbocycles. The van der Waals surface area contributed by atoms with E-state index in [1.807, 2.05) is 0 Å². The fourth-order valence-corrected chi connectivity index (χ4v) is 3.14. The Balaban J connectivity index is 1.82. The number of carbonyl (C=O) groups excluding carboxylic acids is 2. The lowest BCUT2D eigenvalue weighted by Crippen LogP contribution is -2.41. The number of amides is 2. The van der Waals surface area contributed by atoms with E-state index in [1.54, 1.807) is 30.0 Å². The van der Waals surface area contributed by atoms with Crippen molar-refractivity contribution in [1.82, 2.24) is 9.88 Å². The second kappa shape index (κ2) is 8.03. The minimum absolute atomic E-state index is 0.0215. The zero-order chi connectivity index (χ0) is 18.7. The minimum atomic E-state index is -0.418. The maximum absolute atomic E-state index is 12.7. The van der Waals surface area contributed by atoms with Crippen LogP contribution in [0, 0.1) is 6.92 Å². The Labute approximate surface area is 161 Å². The van der Waals surface area contributed by atoms with Crippen LogP contribution >= 0.6 is 23.2 Å². The molecule has 3 rings (SSSR count). The van der Waals surface area contributed by atoms with E-state index in [9.17, 15) is 9.59 Å². The van der Waals surface area contributed by atoms with Crippen molar-refractivity contribution in [2.45, 2.75) is 6.92 Å². The second-order valence-electron chi connectivity index (χ2n) is 5.81. The molecule has 2 aromatic rings. The van der Waals surface area contributed by atoms with Crippen molar-refractivity contribution in [3.8, 4) is 0 Å². The molecule has 1 aliphatic heterocycles. The van der Waals surface area contributed by atoms with Crippen LogP contribution in [0.4, 0.5) is 5.69 Å². The quantitative estimate of drug-likeness (QED) is 0.810. The molecule has 6 nitrogen and oxygen atoms in total. The average molecular weight is 394 g/mol. The van der Waals surface area contributed by atoms with Crippen molar-refractivity contribution >= 4 is 40.7 Å². The Bertz CT molecular complexity index is 852. The van der Waals surface area contributed by atoms with Gasteiger partial charge in [0, 0.05) is 24.3 Å². The topological polar surface area (TPSA) is 71.5 Å². The lowest BCUT2D eigenvalue weighted by atomic mass is 10.0. The Hall–Kier alpha value is -2.15. The number of pyridine rings is 1. The molecule has 2 heterocycles. The average Bonchev–Trinajstić information content (AvgIpc) is 2.63. The third kappa shape index (κ3) is 3.98. The number of morpholine rings is 1. The van der Waals surface area contributed by atoms with Gasteiger partial charge in [0.05, 0.1) is 18.8 Å². The summed E-state index contributed by atoms with van der Waals surface area (Å²) >= 11 is 11.7. The summed E-state index contributed by atoms with van der Waals surface area (Å²) < 4.78 is 5.28. The maximum atomic E-state index is 12.7. The van der Waals surface area contributed by atoms with Crippen LogP contribution in [0.2, 0.25) is 10.3 Å². The molecule has 136 valence electrons. The molecule has 1 aromatic carbocycles. The summed E-state index contributed by atoms with van der Waals surface area (Å²) in [6, 6.07) is 8.22. The van der Waals surface area contributed by atoms with E-state index >= 15 is 0 Å². The van der Waals surface area contributed by atoms with Gasteiger partial charge in [-0.15, -0.1) is 0 Å². The van der Waals surface area contributed by atoms with Crippen LogP contribution in [0.1, 0.15) is 26.3 Å². The van der Waals surface area contributed by atoms with E-state index in [-0.39, 0.29) is 21.8 Å². The molecule has 26 heavy (non-hydrogen) atoms. The molecule has 0 bridgehead atoms. The first-order chi connectivity index (χ1) is 12.5. The number of anilines is 1. The van der Waals surface area contributed by atoms with Crippen LogP contribution in [-0.2, 0) is 4.74 Å². The molecule has 0 atom stereocenters. The largest absolute Gasteiger partial charge is 0.378 e. The van der Waals surface area contributed by atoms with Gasteiger partial charge in [-0.25, -0.2) is 4.98 Å². The van der Waals surface area contributed by atoms with E-state index in [0.717, 1.165) is 0 Å². The van der Waals surface area contributed by atoms with Crippen molar-refractivity contribution in [3.05, 3.63) is 57.3 Å². The molecular weight excluding hydrogens is 377 g/mol. The third-order valence-electron chi connectivity index (χ3n) is 4.17. The van der Waals surface area contributed by atoms with Crippen molar-refractivity contribution in [2.75, 3.05) is 31.6 Å². The lowest BCUT2D eigenvalue weighted by molar-refractivity contribution is 0.0302. The van der Waals surface area contributed by atoms with Gasteiger partial charge in [0.2, 0.25) is 0 Å². The van der Waals surface area contributed by atoms with Crippen LogP contribution in [0.3, 0.4) is 0 Å². The molecule has 1 fully saturated rings. The lowest BCUT2D eigenvalue weighted by Gasteiger charge is -2.27. The Kier molecular flexibility index (Phi) is 5.76. The highest BCUT2D eigenvalue weighted by Crippen LogP contribution is 2.23. The van der Waals surface area contributed by atoms with Gasteiger partial charge in [0.15, 0.2) is 0 Å². The van der Waals surface area contributed by atoms with E-state index < -0.39 is 5.91 Å². The molecular formula is C18H17Cl2N3O3. The molecule has 8 heteroatoms. The SMILES string of the molecule is Cc1c(NC(=O)c2ccc(Cl)nc2Cl)cccc1C(=O)N1CCOCC1. The van der Waals surface area contributed by atoms with Gasteiger partial charge < -0.3 is 15.0 Å². The zero-order valence-corrected chi connectivity index (χ0v) is 15.6. The molecule has 0 spiro atoms. The summed E-state index contributed by atoms with van der Waals surface area (Å²) in [5, 5.41) is 3.01. The minimum Gasteiger partial charge on any atom is -0.378 e. The summed E-state index contributed by atoms with van der Waals surface area (Å²) in [7, 11) is 0. The second-order valence-corrected chi connectivity index (χ2v) is 6.55. The number of carbonyl (C=O) groups is 2. The maximum Gasteiger partial charge on any atom is 0.258 e. The number of hydrogen-bond donors (Lipinski definition) is 1. The molecule has 1 aromatic heterocycles. The summed E-state index contributed by atoms with van der Waals surface area (Å²) in [6.45, 7) is 3.97. The Morgan fingerprint density at radius 1 is 1.12 bits per heavy atom. The summed E-state index contributed by atoms with van der Waals surface area (Å²) in [4.78, 5) is 30.8. The Morgan fingerprint density at radius 3 is 2.54 bits per heavy atom. The number of hydrogen-bond acceptors (Lipinski definition) is 4. The molecule has 1 saturated heterocycles. The predicted molar refractivity (Wildman–Crippen MR) is 100 cm³/mol. The van der Waals surface area contributed by atoms with Crippen LogP contribution in [0.15, 0.2) is 30.3 Å². The molecule has 0 aliphatic carbocycles. The highest BCUT2D eigenvalue weighted by atomic mass is 35.5. The summed E-state index contributed by atoms with van der Waals surface area (Å²) in [6.07, 6.45) is 0. The molecule has 0 unspecified atom stereocenters. The van der Waals surface area contributed by atoms with Crippen molar-refractivity contribution in [3.63, 3.8) is 0 Å². The van der Waals surface area contributed by atoms with Gasteiger partial charge in [-0.1, -0.05) is 29.3 Å². The molecule has 1 N–H and O–H groups in total. The van der Waals surface area contributed by atoms with Gasteiger partial charge in [0.1, 0.15) is 10.3 Å². The monoisotopic (exact) mass is 393 g/mol. The fourth-order valence-electron chi connectivity index (χ4n) is 2.71. The van der Waals surface area contributed by atoms with E-state index in [1.165, 1.54) is 12.1 Å². The highest BCUT2D eigenvalue weighted by Gasteiger charge is 2.21. The van der Waals surface area contributed by atoms with E-state index in [0.29, 0.717) is 43.1 Å². The number of benzene rings is 1.